The summed E-state index contributed by atoms with van der Waals surface area (Å²) >= 11 is 0. The Morgan fingerprint density at radius 1 is 0.627 bits per heavy atom. The number of hydrogen-bond acceptors (Lipinski definition) is 4. The van der Waals surface area contributed by atoms with Crippen LogP contribution < -0.4 is 14.2 Å². The zero-order chi connectivity index (χ0) is 37.3. The molecule has 4 nitrogen and oxygen atoms in total. The van der Waals surface area contributed by atoms with E-state index in [0.29, 0.717) is 17.9 Å². The zero-order valence-electron chi connectivity index (χ0n) is 33.3. The van der Waals surface area contributed by atoms with E-state index in [2.05, 4.69) is 71.5 Å². The van der Waals surface area contributed by atoms with Gasteiger partial charge in [-0.05, 0) is 99.0 Å². The highest BCUT2D eigenvalue weighted by Crippen LogP contribution is 2.31. The van der Waals surface area contributed by atoms with Crippen LogP contribution in [-0.4, -0.2) is 42.9 Å². The number of ether oxygens (including phenoxy) is 3. The number of carbonyl (C=O) groups is 1. The van der Waals surface area contributed by atoms with Crippen LogP contribution in [0, 0.1) is 11.8 Å². The van der Waals surface area contributed by atoms with Crippen LogP contribution in [0.5, 0.6) is 17.2 Å². The van der Waals surface area contributed by atoms with Crippen molar-refractivity contribution in [3.63, 3.8) is 0 Å². The quantitative estimate of drug-likeness (QED) is 0.0358. The monoisotopic (exact) mass is 742 g/mol. The molecule has 0 bridgehead atoms. The molecule has 0 fully saturated rings. The molecule has 0 aromatic heterocycles. The average molecular weight is 743 g/mol. The number of hydrogen-bond donors (Lipinski definition) is 0. The molecule has 0 aliphatic heterocycles. The molecule has 3 aromatic rings. The highest BCUT2D eigenvalue weighted by Gasteiger charge is 2.34. The molecule has 7 heteroatoms. The lowest BCUT2D eigenvalue weighted by atomic mass is 10.1. The summed E-state index contributed by atoms with van der Waals surface area (Å²) in [5.74, 6) is 8.15. The maximum Gasteiger partial charge on any atom is 0.343 e. The second kappa shape index (κ2) is 20.8. The van der Waals surface area contributed by atoms with Crippen LogP contribution in [0.3, 0.4) is 0 Å². The Bertz CT molecular complexity index is 1510. The molecule has 0 aliphatic rings. The molecule has 3 rings (SSSR count). The summed E-state index contributed by atoms with van der Waals surface area (Å²) in [7, 11) is -3.17. The van der Waals surface area contributed by atoms with Crippen LogP contribution in [0.15, 0.2) is 72.8 Å². The van der Waals surface area contributed by atoms with Crippen LogP contribution in [0.1, 0.15) is 93.1 Å². The van der Waals surface area contributed by atoms with Gasteiger partial charge in [0.05, 0.1) is 18.3 Å². The van der Waals surface area contributed by atoms with Gasteiger partial charge in [-0.3, -0.25) is 0 Å². The van der Waals surface area contributed by atoms with Crippen molar-refractivity contribution < 1.29 is 19.0 Å². The molecule has 0 heterocycles. The molecule has 278 valence electrons. The van der Waals surface area contributed by atoms with Crippen molar-refractivity contribution >= 4 is 30.2 Å². The molecule has 1 atom stereocenters. The van der Waals surface area contributed by atoms with Crippen LogP contribution in [0.2, 0.25) is 63.2 Å². The van der Waals surface area contributed by atoms with Gasteiger partial charge in [0.25, 0.3) is 0 Å². The van der Waals surface area contributed by atoms with Crippen LogP contribution in [0.4, 0.5) is 0 Å². The first-order valence-corrected chi connectivity index (χ1v) is 30.0. The lowest BCUT2D eigenvalue weighted by Gasteiger charge is -2.36. The van der Waals surface area contributed by atoms with E-state index >= 15 is 0 Å². The van der Waals surface area contributed by atoms with E-state index in [1.165, 1.54) is 51.0 Å². The molecule has 0 radical (unpaired) electrons. The minimum Gasteiger partial charge on any atom is -0.494 e. The molecule has 0 aliphatic carbocycles. The van der Waals surface area contributed by atoms with Crippen LogP contribution >= 0.6 is 0 Å². The summed E-state index contributed by atoms with van der Waals surface area (Å²) < 4.78 is 17.6. The van der Waals surface area contributed by atoms with Gasteiger partial charge in [0.1, 0.15) is 17.2 Å². The van der Waals surface area contributed by atoms with Gasteiger partial charge in [-0.1, -0.05) is 120 Å². The average Bonchev–Trinajstić information content (AvgIpc) is 3.05. The van der Waals surface area contributed by atoms with Gasteiger partial charge in [0.2, 0.25) is 0 Å². The van der Waals surface area contributed by atoms with Crippen LogP contribution in [0.25, 0.3) is 0 Å². The minimum atomic E-state index is -1.12. The highest BCUT2D eigenvalue weighted by molar-refractivity contribution is 7.02. The largest absolute Gasteiger partial charge is 0.494 e. The third-order valence-electron chi connectivity index (χ3n) is 9.14. The summed E-state index contributed by atoms with van der Waals surface area (Å²) in [4.78, 5) is 12.8. The lowest BCUT2D eigenvalue weighted by Crippen LogP contribution is -2.44. The smallest absolute Gasteiger partial charge is 0.343 e. The summed E-state index contributed by atoms with van der Waals surface area (Å²) in [6.45, 7) is 23.2. The number of carbonyl (C=O) groups excluding carboxylic acids is 1. The number of benzene rings is 3. The van der Waals surface area contributed by atoms with Crippen molar-refractivity contribution in [2.45, 2.75) is 141 Å². The molecule has 0 saturated carbocycles. The normalized spacial score (nSPS) is 12.5. The van der Waals surface area contributed by atoms with E-state index < -0.39 is 30.2 Å². The summed E-state index contributed by atoms with van der Waals surface area (Å²) in [5, 5.41) is 0. The van der Waals surface area contributed by atoms with Gasteiger partial charge in [-0.25, -0.2) is 4.79 Å². The molecule has 0 amide bonds. The Labute approximate surface area is 314 Å². The van der Waals surface area contributed by atoms with Crippen molar-refractivity contribution in [3.8, 4) is 29.1 Å². The predicted octanol–water partition coefficient (Wildman–Crippen LogP) is 12.8. The fourth-order valence-electron chi connectivity index (χ4n) is 7.50. The van der Waals surface area contributed by atoms with Gasteiger partial charge in [-0.15, -0.1) is 0 Å². The number of esters is 1. The molecule has 0 saturated heterocycles. The molecule has 0 unspecified atom stereocenters. The van der Waals surface area contributed by atoms with Crippen molar-refractivity contribution in [3.05, 3.63) is 89.5 Å². The highest BCUT2D eigenvalue weighted by atomic mass is 28.4. The van der Waals surface area contributed by atoms with Gasteiger partial charge in [-0.2, -0.15) is 0 Å². The molecule has 51 heavy (non-hydrogen) atoms. The topological polar surface area (TPSA) is 44.8 Å². The van der Waals surface area contributed by atoms with Gasteiger partial charge < -0.3 is 14.2 Å². The summed E-state index contributed by atoms with van der Waals surface area (Å²) in [6, 6.07) is 23.9. The number of rotatable bonds is 21. The standard InChI is InChI=1S/C44H66O4Si3/c1-10-11-12-15-18-37(2)47-42-27-23-39(24-28-42)20-19-38-21-25-40(26-22-38)44(45)48-43-31-29-41(30-32-43)46-33-16-13-14-17-34-50(6,7)36-51(8,9)35-49(3,4)5/h21-32,37H,10-18,33-36H2,1-9H3/t37-/m0/s1. The molecule has 0 spiro atoms. The van der Waals surface area contributed by atoms with E-state index in [0.717, 1.165) is 35.5 Å². The minimum absolute atomic E-state index is 0.208. The Morgan fingerprint density at radius 2 is 1.18 bits per heavy atom. The van der Waals surface area contributed by atoms with Crippen molar-refractivity contribution in [1.82, 2.24) is 0 Å². The van der Waals surface area contributed by atoms with E-state index in [4.69, 9.17) is 14.2 Å². The van der Waals surface area contributed by atoms with Gasteiger partial charge >= 0.3 is 5.97 Å². The van der Waals surface area contributed by atoms with Gasteiger partial charge in [0.15, 0.2) is 0 Å². The molecular formula is C44H66O4Si3. The number of unbranched alkanes of at least 4 members (excludes halogenated alkanes) is 6. The van der Waals surface area contributed by atoms with Crippen molar-refractivity contribution in [1.29, 1.82) is 0 Å². The molecular weight excluding hydrogens is 677 g/mol. The first-order chi connectivity index (χ1) is 24.1. The maximum atomic E-state index is 12.8. The SMILES string of the molecule is CCCCCC[C@H](C)Oc1ccc(C#Cc2ccc(C(=O)Oc3ccc(OCCCCCC[Si](C)(C)C[Si](C)(C)C[Si](C)(C)C)cc3)cc2)cc1. The fourth-order valence-corrected chi connectivity index (χ4v) is 32.9. The third-order valence-corrected chi connectivity index (χ3v) is 26.6. The van der Waals surface area contributed by atoms with Crippen LogP contribution in [-0.2, 0) is 0 Å². The van der Waals surface area contributed by atoms with Crippen molar-refractivity contribution in [2.24, 2.45) is 0 Å². The Morgan fingerprint density at radius 3 is 1.78 bits per heavy atom. The summed E-state index contributed by atoms with van der Waals surface area (Å²) in [6.07, 6.45) is 11.2. The fraction of sp³-hybridized carbons (Fsp3) is 0.523. The van der Waals surface area contributed by atoms with Gasteiger partial charge in [0, 0.05) is 35.3 Å². The van der Waals surface area contributed by atoms with Crippen molar-refractivity contribution in [2.75, 3.05) is 6.61 Å². The zero-order valence-corrected chi connectivity index (χ0v) is 36.3. The second-order valence-corrected chi connectivity index (χ2v) is 34.4. The molecule has 3 aromatic carbocycles. The van der Waals surface area contributed by atoms with E-state index in [-0.39, 0.29) is 6.10 Å². The summed E-state index contributed by atoms with van der Waals surface area (Å²) in [5.41, 5.74) is 5.37. The molecule has 0 N–H and O–H groups in total. The Balaban J connectivity index is 1.34. The predicted molar refractivity (Wildman–Crippen MR) is 226 cm³/mol. The van der Waals surface area contributed by atoms with E-state index in [9.17, 15) is 4.79 Å². The Hall–Kier alpha value is -3.06. The van der Waals surface area contributed by atoms with E-state index in [1.807, 2.05) is 48.5 Å². The first-order valence-electron chi connectivity index (χ1n) is 19.5. The Kier molecular flexibility index (Phi) is 17.3. The first kappa shape index (κ1) is 42.4. The maximum absolute atomic E-state index is 12.8. The lowest BCUT2D eigenvalue weighted by molar-refractivity contribution is 0.0734. The van der Waals surface area contributed by atoms with E-state index in [1.54, 1.807) is 35.6 Å². The second-order valence-electron chi connectivity index (χ2n) is 17.2. The third kappa shape index (κ3) is 17.8.